The molecule has 2 aliphatic heterocycles. The maximum Gasteiger partial charge on any atom is 0.244 e. The number of para-hydroxylation sites is 1. The van der Waals surface area contributed by atoms with Crippen molar-refractivity contribution in [3.05, 3.63) is 65.2 Å². The van der Waals surface area contributed by atoms with Crippen LogP contribution in [0.5, 0.6) is 0 Å². The highest BCUT2D eigenvalue weighted by atomic mass is 16.2. The van der Waals surface area contributed by atoms with Crippen LogP contribution in [-0.2, 0) is 29.0 Å². The normalized spacial score (nSPS) is 20.0. The van der Waals surface area contributed by atoms with Gasteiger partial charge in [0.05, 0.1) is 18.3 Å². The van der Waals surface area contributed by atoms with E-state index >= 15 is 0 Å². The summed E-state index contributed by atoms with van der Waals surface area (Å²) in [7, 11) is 0. The van der Waals surface area contributed by atoms with Crippen LogP contribution in [0.15, 0.2) is 42.6 Å². The third-order valence-electron chi connectivity index (χ3n) is 6.98. The van der Waals surface area contributed by atoms with Gasteiger partial charge in [-0.1, -0.05) is 43.3 Å². The number of nitrogens with one attached hydrogen (secondary N) is 3. The molecule has 2 amide bonds. The van der Waals surface area contributed by atoms with Gasteiger partial charge < -0.3 is 10.6 Å². The molecule has 10 nitrogen and oxygen atoms in total. The zero-order valence-electron chi connectivity index (χ0n) is 19.9. The molecule has 1 aromatic carbocycles. The molecule has 0 spiro atoms. The van der Waals surface area contributed by atoms with E-state index in [0.29, 0.717) is 31.1 Å². The van der Waals surface area contributed by atoms with E-state index in [1.165, 1.54) is 0 Å². The monoisotopic (exact) mass is 474 g/mol. The number of tetrazole rings is 1. The Bertz CT molecular complexity index is 1180. The van der Waals surface area contributed by atoms with Crippen LogP contribution in [0.4, 0.5) is 5.69 Å². The molecule has 0 saturated carbocycles. The summed E-state index contributed by atoms with van der Waals surface area (Å²) in [5.41, 5.74) is 4.05. The number of hydrogen-bond donors (Lipinski definition) is 3. The van der Waals surface area contributed by atoms with Crippen molar-refractivity contribution < 1.29 is 9.59 Å². The summed E-state index contributed by atoms with van der Waals surface area (Å²) in [6, 6.07) is 11.0. The van der Waals surface area contributed by atoms with E-state index in [0.717, 1.165) is 28.9 Å². The highest BCUT2D eigenvalue weighted by Gasteiger charge is 2.43. The Hall–Kier alpha value is -3.66. The van der Waals surface area contributed by atoms with Gasteiger partial charge in [0, 0.05) is 30.8 Å². The number of rotatable bonds is 8. The van der Waals surface area contributed by atoms with Crippen molar-refractivity contribution in [2.45, 2.75) is 57.7 Å². The Morgan fingerprint density at radius 3 is 2.80 bits per heavy atom. The topological polar surface area (TPSA) is 129 Å². The maximum absolute atomic E-state index is 13.9. The Labute approximate surface area is 203 Å². The van der Waals surface area contributed by atoms with E-state index in [1.807, 2.05) is 36.5 Å². The van der Waals surface area contributed by atoms with Gasteiger partial charge in [-0.2, -0.15) is 5.21 Å². The van der Waals surface area contributed by atoms with Crippen LogP contribution >= 0.6 is 0 Å². The molecule has 3 aromatic rings. The number of nitrogens with zero attached hydrogens (tertiary/aromatic N) is 5. The lowest BCUT2D eigenvalue weighted by atomic mass is 9.91. The molecule has 3 atom stereocenters. The van der Waals surface area contributed by atoms with Crippen molar-refractivity contribution in [3.63, 3.8) is 0 Å². The van der Waals surface area contributed by atoms with E-state index in [-0.39, 0.29) is 30.3 Å². The smallest absolute Gasteiger partial charge is 0.244 e. The number of hydrogen-bond acceptors (Lipinski definition) is 7. The summed E-state index contributed by atoms with van der Waals surface area (Å²) in [5.74, 6) is 0.650. The van der Waals surface area contributed by atoms with Crippen molar-refractivity contribution in [2.24, 2.45) is 5.92 Å². The molecule has 0 bridgehead atoms. The highest BCUT2D eigenvalue weighted by Crippen LogP contribution is 2.39. The van der Waals surface area contributed by atoms with Crippen LogP contribution in [-0.4, -0.2) is 56.1 Å². The van der Waals surface area contributed by atoms with E-state index < -0.39 is 6.04 Å². The standard InChI is InChI=1S/C25H30N8O2/c1-15(2)18(19-8-3-4-11-26-19)13-27-20-10-9-16-6-5-7-17-12-21(33(23(16)17)25(20)35)24(34)28-14-22-29-31-32-30-22/h3-8,11,15,18,20-21,27H,9-10,12-14H2,1-2H3,(H,28,34)(H,29,30,31,32)/t18-,20?,21?/m0/s1. The van der Waals surface area contributed by atoms with Gasteiger partial charge in [0.2, 0.25) is 11.8 Å². The van der Waals surface area contributed by atoms with E-state index in [2.05, 4.69) is 56.2 Å². The van der Waals surface area contributed by atoms with Crippen molar-refractivity contribution in [3.8, 4) is 0 Å². The van der Waals surface area contributed by atoms with Crippen LogP contribution in [0, 0.1) is 5.92 Å². The predicted molar refractivity (Wildman–Crippen MR) is 129 cm³/mol. The van der Waals surface area contributed by atoms with Crippen LogP contribution in [0.25, 0.3) is 0 Å². The molecule has 10 heteroatoms. The molecule has 182 valence electrons. The summed E-state index contributed by atoms with van der Waals surface area (Å²) in [4.78, 5) is 33.3. The fraction of sp³-hybridized carbons (Fsp3) is 0.440. The number of anilines is 1. The first-order valence-corrected chi connectivity index (χ1v) is 12.1. The first-order valence-electron chi connectivity index (χ1n) is 12.1. The number of benzene rings is 1. The lowest BCUT2D eigenvalue weighted by Gasteiger charge is -2.29. The number of carbonyl (C=O) groups excluding carboxylic acids is 2. The van der Waals surface area contributed by atoms with Gasteiger partial charge in [-0.3, -0.25) is 19.5 Å². The average molecular weight is 475 g/mol. The molecule has 35 heavy (non-hydrogen) atoms. The van der Waals surface area contributed by atoms with Gasteiger partial charge in [-0.15, -0.1) is 10.2 Å². The second kappa shape index (κ2) is 9.91. The molecule has 0 aliphatic carbocycles. The highest BCUT2D eigenvalue weighted by molar-refractivity contribution is 6.06. The van der Waals surface area contributed by atoms with Gasteiger partial charge in [0.25, 0.3) is 0 Å². The number of aromatic nitrogens is 5. The lowest BCUT2D eigenvalue weighted by Crippen LogP contribution is -2.54. The van der Waals surface area contributed by atoms with Crippen molar-refractivity contribution in [1.82, 2.24) is 36.2 Å². The van der Waals surface area contributed by atoms with E-state index in [4.69, 9.17) is 0 Å². The maximum atomic E-state index is 13.9. The Balaban J connectivity index is 1.35. The number of aryl methyl sites for hydroxylation is 1. The second-order valence-electron chi connectivity index (χ2n) is 9.50. The summed E-state index contributed by atoms with van der Waals surface area (Å²) >= 11 is 0. The molecule has 0 fully saturated rings. The van der Waals surface area contributed by atoms with Gasteiger partial charge >= 0.3 is 0 Å². The minimum atomic E-state index is -0.607. The molecule has 0 radical (unpaired) electrons. The first-order chi connectivity index (χ1) is 17.0. The minimum Gasteiger partial charge on any atom is -0.347 e. The number of aromatic amines is 1. The summed E-state index contributed by atoms with van der Waals surface area (Å²) in [5, 5.41) is 20.1. The van der Waals surface area contributed by atoms with Gasteiger partial charge in [0.15, 0.2) is 5.82 Å². The fourth-order valence-electron chi connectivity index (χ4n) is 5.12. The molecular formula is C25H30N8O2. The lowest BCUT2D eigenvalue weighted by molar-refractivity contribution is -0.127. The number of pyridine rings is 1. The number of carbonyl (C=O) groups is 2. The fourth-order valence-corrected chi connectivity index (χ4v) is 5.12. The Kier molecular flexibility index (Phi) is 6.54. The minimum absolute atomic E-state index is 0.0584. The Morgan fingerprint density at radius 2 is 2.06 bits per heavy atom. The number of H-pyrrole nitrogens is 1. The molecule has 0 saturated heterocycles. The largest absolute Gasteiger partial charge is 0.347 e. The van der Waals surface area contributed by atoms with Crippen LogP contribution in [0.3, 0.4) is 0 Å². The van der Waals surface area contributed by atoms with Crippen LogP contribution < -0.4 is 15.5 Å². The molecule has 5 rings (SSSR count). The van der Waals surface area contributed by atoms with Crippen LogP contribution in [0.1, 0.15) is 48.8 Å². The first kappa shape index (κ1) is 23.1. The van der Waals surface area contributed by atoms with E-state index in [1.54, 1.807) is 4.90 Å². The average Bonchev–Trinajstić information content (AvgIpc) is 3.50. The third-order valence-corrected chi connectivity index (χ3v) is 6.98. The molecule has 4 heterocycles. The number of amides is 2. The Morgan fingerprint density at radius 1 is 1.20 bits per heavy atom. The van der Waals surface area contributed by atoms with Crippen molar-refractivity contribution in [2.75, 3.05) is 11.4 Å². The van der Waals surface area contributed by atoms with E-state index in [9.17, 15) is 9.59 Å². The second-order valence-corrected chi connectivity index (χ2v) is 9.50. The summed E-state index contributed by atoms with van der Waals surface area (Å²) < 4.78 is 0. The van der Waals surface area contributed by atoms with Crippen LogP contribution in [0.2, 0.25) is 0 Å². The quantitative estimate of drug-likeness (QED) is 0.451. The molecule has 2 unspecified atom stereocenters. The van der Waals surface area contributed by atoms with Gasteiger partial charge in [-0.05, 0) is 42.0 Å². The zero-order valence-corrected chi connectivity index (χ0v) is 19.9. The van der Waals surface area contributed by atoms with Gasteiger partial charge in [-0.25, -0.2) is 0 Å². The SMILES string of the molecule is CC(C)[C@H](CNC1CCc2cccc3c2N(C1=O)C(C(=O)NCc1nn[nH]n1)C3)c1ccccn1. The summed E-state index contributed by atoms with van der Waals surface area (Å²) in [6.07, 6.45) is 3.75. The summed E-state index contributed by atoms with van der Waals surface area (Å²) in [6.45, 7) is 5.13. The molecule has 2 aliphatic rings. The van der Waals surface area contributed by atoms with Crippen molar-refractivity contribution in [1.29, 1.82) is 0 Å². The van der Waals surface area contributed by atoms with Crippen molar-refractivity contribution >= 4 is 17.5 Å². The zero-order chi connectivity index (χ0) is 24.4. The molecule has 3 N–H and O–H groups in total. The predicted octanol–water partition coefficient (Wildman–Crippen LogP) is 1.51. The molecule has 2 aromatic heterocycles. The third kappa shape index (κ3) is 4.66. The van der Waals surface area contributed by atoms with Gasteiger partial charge in [0.1, 0.15) is 6.04 Å². The molecular weight excluding hydrogens is 444 g/mol.